The van der Waals surface area contributed by atoms with Gasteiger partial charge in [-0.15, -0.1) is 0 Å². The standard InChI is InChI=1S/C18H20N4O2S/c1-2-20-25(23,24)16-7-6-14-8-10-21(17(14)11-16)13-15-12-19-18-5-3-4-9-22(15)18/h3-7,9,11-12,20H,2,8,10,13H2,1H3. The maximum atomic E-state index is 12.3. The van der Waals surface area contributed by atoms with E-state index in [1.807, 2.05) is 36.7 Å². The Bertz CT molecular complexity index is 1030. The lowest BCUT2D eigenvalue weighted by molar-refractivity contribution is 0.584. The number of hydrogen-bond acceptors (Lipinski definition) is 4. The van der Waals surface area contributed by atoms with Gasteiger partial charge in [0.25, 0.3) is 0 Å². The van der Waals surface area contributed by atoms with Crippen LogP contribution >= 0.6 is 0 Å². The Balaban J connectivity index is 1.67. The van der Waals surface area contributed by atoms with Crippen molar-refractivity contribution in [2.75, 3.05) is 18.0 Å². The SMILES string of the molecule is CCNS(=O)(=O)c1ccc2c(c1)N(Cc1cnc3ccccn13)CC2. The summed E-state index contributed by atoms with van der Waals surface area (Å²) >= 11 is 0. The Morgan fingerprint density at radius 3 is 2.96 bits per heavy atom. The summed E-state index contributed by atoms with van der Waals surface area (Å²) in [5, 5.41) is 0. The molecule has 0 saturated heterocycles. The number of rotatable bonds is 5. The van der Waals surface area contributed by atoms with Crippen LogP contribution < -0.4 is 9.62 Å². The van der Waals surface area contributed by atoms with Crippen molar-refractivity contribution in [3.8, 4) is 0 Å². The zero-order valence-electron chi connectivity index (χ0n) is 14.0. The number of benzene rings is 1. The van der Waals surface area contributed by atoms with Crippen molar-refractivity contribution >= 4 is 21.4 Å². The molecular formula is C18H20N4O2S. The molecule has 6 nitrogen and oxygen atoms in total. The quantitative estimate of drug-likeness (QED) is 0.761. The maximum absolute atomic E-state index is 12.3. The Morgan fingerprint density at radius 1 is 1.24 bits per heavy atom. The number of fused-ring (bicyclic) bond motifs is 2. The summed E-state index contributed by atoms with van der Waals surface area (Å²) in [6.07, 6.45) is 4.81. The lowest BCUT2D eigenvalue weighted by Crippen LogP contribution is -2.24. The average Bonchev–Trinajstić information content (AvgIpc) is 3.20. The summed E-state index contributed by atoms with van der Waals surface area (Å²) in [4.78, 5) is 6.96. The fourth-order valence-electron chi connectivity index (χ4n) is 3.33. The van der Waals surface area contributed by atoms with Crippen LogP contribution in [0, 0.1) is 0 Å². The number of aromatic nitrogens is 2. The third-order valence-electron chi connectivity index (χ3n) is 4.54. The van der Waals surface area contributed by atoms with Gasteiger partial charge in [-0.1, -0.05) is 19.1 Å². The molecule has 3 aromatic rings. The van der Waals surface area contributed by atoms with Crippen LogP contribution in [0.25, 0.3) is 5.65 Å². The number of nitrogens with one attached hydrogen (secondary N) is 1. The fourth-order valence-corrected chi connectivity index (χ4v) is 4.39. The van der Waals surface area contributed by atoms with Crippen LogP contribution in [-0.4, -0.2) is 30.9 Å². The monoisotopic (exact) mass is 356 g/mol. The molecule has 4 rings (SSSR count). The molecule has 0 unspecified atom stereocenters. The fraction of sp³-hybridized carbons (Fsp3) is 0.278. The summed E-state index contributed by atoms with van der Waals surface area (Å²) in [6, 6.07) is 11.3. The summed E-state index contributed by atoms with van der Waals surface area (Å²) < 4.78 is 29.2. The highest BCUT2D eigenvalue weighted by Crippen LogP contribution is 2.31. The highest BCUT2D eigenvalue weighted by molar-refractivity contribution is 7.89. The second kappa shape index (κ2) is 6.16. The first-order valence-electron chi connectivity index (χ1n) is 8.37. The molecule has 0 atom stereocenters. The Morgan fingerprint density at radius 2 is 2.12 bits per heavy atom. The minimum Gasteiger partial charge on any atom is -0.365 e. The van der Waals surface area contributed by atoms with Gasteiger partial charge in [0.05, 0.1) is 23.3 Å². The highest BCUT2D eigenvalue weighted by atomic mass is 32.2. The minimum absolute atomic E-state index is 0.318. The van der Waals surface area contributed by atoms with Crippen LogP contribution in [0.5, 0.6) is 0 Å². The zero-order chi connectivity index (χ0) is 17.4. The van der Waals surface area contributed by atoms with E-state index in [1.54, 1.807) is 19.1 Å². The summed E-state index contributed by atoms with van der Waals surface area (Å²) in [7, 11) is -3.45. The predicted octanol–water partition coefficient (Wildman–Crippen LogP) is 2.20. The van der Waals surface area contributed by atoms with Crippen molar-refractivity contribution < 1.29 is 8.42 Å². The number of sulfonamides is 1. The molecule has 0 fully saturated rings. The van der Waals surface area contributed by atoms with Crippen LogP contribution in [-0.2, 0) is 23.0 Å². The Hall–Kier alpha value is -2.38. The molecule has 3 heterocycles. The first kappa shape index (κ1) is 16.1. The van der Waals surface area contributed by atoms with E-state index in [1.165, 1.54) is 5.56 Å². The lowest BCUT2D eigenvalue weighted by Gasteiger charge is -2.19. The summed E-state index contributed by atoms with van der Waals surface area (Å²) in [5.74, 6) is 0. The molecule has 1 N–H and O–H groups in total. The molecule has 1 aliphatic rings. The lowest BCUT2D eigenvalue weighted by atomic mass is 10.2. The van der Waals surface area contributed by atoms with E-state index in [0.29, 0.717) is 18.0 Å². The molecule has 2 aromatic heterocycles. The van der Waals surface area contributed by atoms with E-state index >= 15 is 0 Å². The number of nitrogens with zero attached hydrogens (tertiary/aromatic N) is 3. The van der Waals surface area contributed by atoms with Gasteiger partial charge >= 0.3 is 0 Å². The molecule has 0 saturated carbocycles. The van der Waals surface area contributed by atoms with Gasteiger partial charge in [-0.05, 0) is 36.2 Å². The second-order valence-electron chi connectivity index (χ2n) is 6.14. The first-order valence-corrected chi connectivity index (χ1v) is 9.85. The van der Waals surface area contributed by atoms with Gasteiger partial charge in [0.2, 0.25) is 10.0 Å². The van der Waals surface area contributed by atoms with Crippen LogP contribution in [0.2, 0.25) is 0 Å². The van der Waals surface area contributed by atoms with E-state index in [9.17, 15) is 8.42 Å². The minimum atomic E-state index is -3.45. The highest BCUT2D eigenvalue weighted by Gasteiger charge is 2.23. The van der Waals surface area contributed by atoms with E-state index in [0.717, 1.165) is 30.0 Å². The van der Waals surface area contributed by atoms with Crippen molar-refractivity contribution in [3.05, 3.63) is 60.0 Å². The number of pyridine rings is 1. The van der Waals surface area contributed by atoms with Gasteiger partial charge in [-0.3, -0.25) is 0 Å². The van der Waals surface area contributed by atoms with Crippen LogP contribution in [0.1, 0.15) is 18.2 Å². The number of anilines is 1. The topological polar surface area (TPSA) is 66.7 Å². The van der Waals surface area contributed by atoms with Gasteiger partial charge in [0, 0.05) is 25.0 Å². The van der Waals surface area contributed by atoms with Gasteiger partial charge < -0.3 is 9.30 Å². The van der Waals surface area contributed by atoms with E-state index < -0.39 is 10.0 Å². The van der Waals surface area contributed by atoms with Gasteiger partial charge in [0.1, 0.15) is 5.65 Å². The molecule has 130 valence electrons. The maximum Gasteiger partial charge on any atom is 0.240 e. The van der Waals surface area contributed by atoms with Crippen molar-refractivity contribution in [2.24, 2.45) is 0 Å². The molecule has 0 amide bonds. The normalized spacial score (nSPS) is 14.2. The molecule has 25 heavy (non-hydrogen) atoms. The first-order chi connectivity index (χ1) is 12.1. The summed E-state index contributed by atoms with van der Waals surface area (Å²) in [6.45, 7) is 3.73. The van der Waals surface area contributed by atoms with E-state index in [-0.39, 0.29) is 0 Å². The van der Waals surface area contributed by atoms with Crippen LogP contribution in [0.3, 0.4) is 0 Å². The van der Waals surface area contributed by atoms with E-state index in [2.05, 4.69) is 19.0 Å². The molecular weight excluding hydrogens is 336 g/mol. The largest absolute Gasteiger partial charge is 0.365 e. The third-order valence-corrected chi connectivity index (χ3v) is 6.08. The molecule has 0 radical (unpaired) electrons. The smallest absolute Gasteiger partial charge is 0.240 e. The third kappa shape index (κ3) is 2.89. The van der Waals surface area contributed by atoms with Gasteiger partial charge in [-0.2, -0.15) is 0 Å². The summed E-state index contributed by atoms with van der Waals surface area (Å²) in [5.41, 5.74) is 4.18. The molecule has 1 aliphatic heterocycles. The molecule has 0 bridgehead atoms. The second-order valence-corrected chi connectivity index (χ2v) is 7.91. The van der Waals surface area contributed by atoms with Gasteiger partial charge in [-0.25, -0.2) is 18.1 Å². The molecule has 0 aliphatic carbocycles. The average molecular weight is 356 g/mol. The Kier molecular flexibility index (Phi) is 3.97. The van der Waals surface area contributed by atoms with E-state index in [4.69, 9.17) is 0 Å². The zero-order valence-corrected chi connectivity index (χ0v) is 14.8. The molecule has 0 spiro atoms. The number of imidazole rings is 1. The molecule has 7 heteroatoms. The van der Waals surface area contributed by atoms with Crippen LogP contribution in [0.4, 0.5) is 5.69 Å². The predicted molar refractivity (Wildman–Crippen MR) is 97.3 cm³/mol. The van der Waals surface area contributed by atoms with Crippen LogP contribution in [0.15, 0.2) is 53.7 Å². The van der Waals surface area contributed by atoms with Crippen molar-refractivity contribution in [1.82, 2.24) is 14.1 Å². The van der Waals surface area contributed by atoms with Crippen molar-refractivity contribution in [2.45, 2.75) is 24.8 Å². The van der Waals surface area contributed by atoms with Crippen molar-refractivity contribution in [1.29, 1.82) is 0 Å². The Labute approximate surface area is 147 Å². The van der Waals surface area contributed by atoms with Gasteiger partial charge in [0.15, 0.2) is 0 Å². The van der Waals surface area contributed by atoms with Crippen molar-refractivity contribution in [3.63, 3.8) is 0 Å². The number of hydrogen-bond donors (Lipinski definition) is 1. The molecule has 1 aromatic carbocycles.